The number of piperidine rings is 1. The SMILES string of the molecule is CO[C@H]1CCN(c2ccc(-c3cccc(NC(=O)C4CC4)c3)cc2C#N)C1.COc1cc(-c2cccc(NC(=O)C3CC3)c2)cc(C#N)c1OC1CCOCC1.N#Cc1cc(-c2cccc(NC(=O)C3CC3c3cnc[nH]3)c2)ccc1O[C@H]1CCN(C(=O)CO)C[C@H]1F. The van der Waals surface area contributed by atoms with E-state index in [-0.39, 0.29) is 84.4 Å². The van der Waals surface area contributed by atoms with Gasteiger partial charge >= 0.3 is 0 Å². The van der Waals surface area contributed by atoms with Crippen LogP contribution >= 0.6 is 0 Å². The number of ether oxygens (including phenoxy) is 5. The molecule has 3 aliphatic carbocycles. The number of aromatic nitrogens is 2. The normalized spacial score (nSPS) is 19.7. The van der Waals surface area contributed by atoms with Crippen LogP contribution in [0.15, 0.2) is 134 Å². The molecule has 0 radical (unpaired) electrons. The Balaban J connectivity index is 0.000000145. The molecular weight excluding hydrogens is 1180 g/mol. The highest BCUT2D eigenvalue weighted by atomic mass is 19.1. The lowest BCUT2D eigenvalue weighted by molar-refractivity contribution is -0.138. The van der Waals surface area contributed by atoms with E-state index in [0.29, 0.717) is 41.5 Å². The number of hydrogen-bond donors (Lipinski definition) is 5. The minimum absolute atomic E-state index is 0.0107. The fourth-order valence-electron chi connectivity index (χ4n) is 11.8. The molecule has 0 spiro atoms. The van der Waals surface area contributed by atoms with E-state index in [4.69, 9.17) is 28.8 Å². The molecule has 1 aromatic heterocycles. The number of aliphatic hydroxyl groups excluding tert-OH is 1. The summed E-state index contributed by atoms with van der Waals surface area (Å²) < 4.78 is 43.0. The number of aromatic amines is 1. The predicted octanol–water partition coefficient (Wildman–Crippen LogP) is 10.9. The van der Waals surface area contributed by atoms with E-state index >= 15 is 0 Å². The highest BCUT2D eigenvalue weighted by Crippen LogP contribution is 2.47. The van der Waals surface area contributed by atoms with Gasteiger partial charge in [0.05, 0.1) is 61.7 Å². The van der Waals surface area contributed by atoms with Crippen LogP contribution in [0.2, 0.25) is 0 Å². The van der Waals surface area contributed by atoms with Crippen molar-refractivity contribution in [2.45, 2.75) is 88.2 Å². The van der Waals surface area contributed by atoms with E-state index in [1.807, 2.05) is 97.1 Å². The van der Waals surface area contributed by atoms with Gasteiger partial charge in [-0.3, -0.25) is 19.2 Å². The molecule has 20 nitrogen and oxygen atoms in total. The number of nitrogens with zero attached hydrogens (tertiary/aromatic N) is 6. The largest absolute Gasteiger partial charge is 0.493 e. The van der Waals surface area contributed by atoms with Gasteiger partial charge in [-0.25, -0.2) is 9.37 Å². The lowest BCUT2D eigenvalue weighted by Crippen LogP contribution is -2.50. The number of halogens is 1. The summed E-state index contributed by atoms with van der Waals surface area (Å²) in [6.07, 6.45) is 8.83. The molecule has 4 heterocycles. The average Bonchev–Trinajstić information content (AvgIpc) is 1.79. The molecule has 6 aliphatic rings. The number of likely N-dealkylation sites (tertiary alicyclic amines) is 1. The van der Waals surface area contributed by atoms with Crippen molar-refractivity contribution in [1.29, 1.82) is 15.8 Å². The van der Waals surface area contributed by atoms with Crippen molar-refractivity contribution in [3.8, 4) is 68.8 Å². The Kier molecular flexibility index (Phi) is 20.7. The number of nitriles is 3. The van der Waals surface area contributed by atoms with Crippen LogP contribution in [0.1, 0.15) is 86.1 Å². The molecule has 2 unspecified atom stereocenters. The van der Waals surface area contributed by atoms with Gasteiger partial charge in [0.15, 0.2) is 17.7 Å². The topological polar surface area (TPSA) is 277 Å². The Bertz CT molecular complexity index is 3980. The third kappa shape index (κ3) is 16.3. The molecule has 7 aromatic rings. The number of carbonyl (C=O) groups excluding carboxylic acids is 4. The zero-order chi connectivity index (χ0) is 65.0. The van der Waals surface area contributed by atoms with E-state index in [0.717, 1.165) is 121 Å². The Morgan fingerprint density at radius 2 is 1.22 bits per heavy atom. The first-order valence-corrected chi connectivity index (χ1v) is 31.5. The molecule has 6 fully saturated rings. The molecular formula is C72H73FN10O10. The van der Waals surface area contributed by atoms with Gasteiger partial charge in [-0.2, -0.15) is 15.8 Å². The van der Waals surface area contributed by atoms with Gasteiger partial charge in [0.1, 0.15) is 42.8 Å². The van der Waals surface area contributed by atoms with E-state index in [1.165, 1.54) is 4.90 Å². The first kappa shape index (κ1) is 64.4. The maximum Gasteiger partial charge on any atom is 0.248 e. The number of methoxy groups -OCH3 is 2. The second kappa shape index (κ2) is 29.9. The molecule has 13 rings (SSSR count). The Labute approximate surface area is 539 Å². The number of H-pyrrole nitrogens is 1. The van der Waals surface area contributed by atoms with Crippen LogP contribution in [0.4, 0.5) is 27.1 Å². The monoisotopic (exact) mass is 1260 g/mol. The van der Waals surface area contributed by atoms with Gasteiger partial charge in [0, 0.05) is 98.6 Å². The molecule has 4 amide bonds. The van der Waals surface area contributed by atoms with Crippen LogP contribution in [0.3, 0.4) is 0 Å². The second-order valence-corrected chi connectivity index (χ2v) is 24.0. The third-order valence-electron chi connectivity index (χ3n) is 17.5. The first-order chi connectivity index (χ1) is 45.3. The fourth-order valence-corrected chi connectivity index (χ4v) is 11.8. The van der Waals surface area contributed by atoms with E-state index in [2.05, 4.69) is 49.0 Å². The zero-order valence-electron chi connectivity index (χ0n) is 51.8. The molecule has 5 N–H and O–H groups in total. The molecule has 93 heavy (non-hydrogen) atoms. The Hall–Kier alpha value is -10.1. The van der Waals surface area contributed by atoms with Crippen LogP contribution in [-0.4, -0.2) is 128 Å². The number of anilines is 4. The Morgan fingerprint density at radius 1 is 0.634 bits per heavy atom. The molecule has 478 valence electrons. The van der Waals surface area contributed by atoms with Crippen molar-refractivity contribution in [2.75, 3.05) is 81.1 Å². The van der Waals surface area contributed by atoms with Crippen LogP contribution in [0, 0.1) is 51.7 Å². The molecule has 3 saturated carbocycles. The number of aliphatic hydroxyl groups is 1. The van der Waals surface area contributed by atoms with Crippen LogP contribution in [0.25, 0.3) is 33.4 Å². The quantitative estimate of drug-likeness (QED) is 0.0534. The zero-order valence-corrected chi connectivity index (χ0v) is 51.8. The van der Waals surface area contributed by atoms with Crippen LogP contribution in [-0.2, 0) is 28.7 Å². The summed E-state index contributed by atoms with van der Waals surface area (Å²) in [6, 6.07) is 44.2. The number of benzene rings is 6. The van der Waals surface area contributed by atoms with Crippen LogP contribution in [0.5, 0.6) is 17.2 Å². The number of carbonyl (C=O) groups is 4. The standard InChI is InChI=1S/C27H26FN5O4.C23H24N2O4.C22H23N3O2/c28-22-13-33(26(35)14-34)7-6-25(22)37-24-5-4-17(8-18(24)11-29)16-2-1-3-19(9-16)32-27(36)21-10-20(21)23-12-30-15-31-23;1-27-21-13-17(11-18(14-24)22(21)29-20-7-9-28-10-8-20)16-3-2-4-19(12-16)25-23(26)15-5-6-15;1-27-20-9-10-25(14-20)21-8-7-17(11-18(21)13-23)16-3-2-4-19(12-16)24-22(26)15-5-6-15/h1-5,8-9,12,15,20-22,25,34H,6-7,10,13-14H2,(H,30,31)(H,32,36);2-4,11-13,15,20H,5-10H2,1H3,(H,25,26);2-4,7-8,11-12,15,20H,5-6,9-10,14H2,1H3,(H,24,26)/t20?,21?,22-,25+;;20-/m1.0/s1. The predicted molar refractivity (Wildman–Crippen MR) is 347 cm³/mol. The van der Waals surface area contributed by atoms with Crippen LogP contribution < -0.4 is 35.1 Å². The van der Waals surface area contributed by atoms with Gasteiger partial charge < -0.3 is 59.5 Å². The van der Waals surface area contributed by atoms with Crippen molar-refractivity contribution in [3.05, 3.63) is 156 Å². The summed E-state index contributed by atoms with van der Waals surface area (Å²) in [7, 11) is 3.31. The fraction of sp³-hybridized carbons (Fsp3) is 0.361. The Morgan fingerprint density at radius 3 is 1.76 bits per heavy atom. The summed E-state index contributed by atoms with van der Waals surface area (Å²) in [5.74, 6) is 1.24. The highest BCUT2D eigenvalue weighted by Gasteiger charge is 2.45. The number of rotatable bonds is 18. The summed E-state index contributed by atoms with van der Waals surface area (Å²) in [4.78, 5) is 58.9. The van der Waals surface area contributed by atoms with E-state index in [9.17, 15) is 39.4 Å². The second-order valence-electron chi connectivity index (χ2n) is 24.0. The van der Waals surface area contributed by atoms with Crippen molar-refractivity contribution in [3.63, 3.8) is 0 Å². The van der Waals surface area contributed by atoms with Gasteiger partial charge in [-0.05, 0) is 145 Å². The van der Waals surface area contributed by atoms with Gasteiger partial charge in [0.2, 0.25) is 23.6 Å². The number of alkyl halides is 1. The lowest BCUT2D eigenvalue weighted by atomic mass is 10.0. The van der Waals surface area contributed by atoms with Gasteiger partial charge in [-0.15, -0.1) is 0 Å². The maximum absolute atomic E-state index is 14.7. The molecule has 3 aliphatic heterocycles. The van der Waals surface area contributed by atoms with E-state index in [1.54, 1.807) is 51.0 Å². The summed E-state index contributed by atoms with van der Waals surface area (Å²) >= 11 is 0. The van der Waals surface area contributed by atoms with Crippen molar-refractivity contribution in [1.82, 2.24) is 14.9 Å². The number of amides is 4. The lowest BCUT2D eigenvalue weighted by Gasteiger charge is -2.34. The minimum Gasteiger partial charge on any atom is -0.493 e. The van der Waals surface area contributed by atoms with Crippen molar-refractivity contribution < 1.29 is 52.4 Å². The average molecular weight is 1260 g/mol. The third-order valence-corrected chi connectivity index (χ3v) is 17.5. The van der Waals surface area contributed by atoms with Gasteiger partial charge in [0.25, 0.3) is 0 Å². The molecule has 3 saturated heterocycles. The highest BCUT2D eigenvalue weighted by molar-refractivity contribution is 5.97. The number of imidazole rings is 1. The van der Waals surface area contributed by atoms with Gasteiger partial charge in [-0.1, -0.05) is 48.5 Å². The number of nitrogens with one attached hydrogen (secondary N) is 4. The molecule has 5 atom stereocenters. The molecule has 0 bridgehead atoms. The molecule has 6 aromatic carbocycles. The summed E-state index contributed by atoms with van der Waals surface area (Å²) in [5.41, 5.74) is 10.7. The van der Waals surface area contributed by atoms with Crippen molar-refractivity contribution in [2.24, 2.45) is 17.8 Å². The minimum atomic E-state index is -1.44. The van der Waals surface area contributed by atoms with E-state index < -0.39 is 24.8 Å². The number of hydrogen-bond acceptors (Lipinski definition) is 15. The maximum atomic E-state index is 14.7. The summed E-state index contributed by atoms with van der Waals surface area (Å²) in [6.45, 7) is 2.48. The smallest absolute Gasteiger partial charge is 0.248 e. The molecule has 21 heteroatoms. The first-order valence-electron chi connectivity index (χ1n) is 31.5. The summed E-state index contributed by atoms with van der Waals surface area (Å²) in [5, 5.41) is 47.0. The van der Waals surface area contributed by atoms with Crippen molar-refractivity contribution >= 4 is 46.4 Å².